The molecule has 1 amide bonds. The zero-order valence-electron chi connectivity index (χ0n) is 11.4. The van der Waals surface area contributed by atoms with E-state index in [1.54, 1.807) is 0 Å². The van der Waals surface area contributed by atoms with Crippen LogP contribution in [0.5, 0.6) is 0 Å². The molecule has 1 fully saturated rings. The molecule has 0 unspecified atom stereocenters. The smallest absolute Gasteiger partial charge is 0.223 e. The summed E-state index contributed by atoms with van der Waals surface area (Å²) in [6.07, 6.45) is 5.41. The van der Waals surface area contributed by atoms with Gasteiger partial charge in [-0.15, -0.1) is 0 Å². The van der Waals surface area contributed by atoms with E-state index in [4.69, 9.17) is 5.11 Å². The Morgan fingerprint density at radius 3 is 2.79 bits per heavy atom. The van der Waals surface area contributed by atoms with Crippen LogP contribution in [0.15, 0.2) is 30.3 Å². The van der Waals surface area contributed by atoms with E-state index in [9.17, 15) is 4.79 Å². The Hall–Kier alpha value is -1.35. The first kappa shape index (κ1) is 14.1. The van der Waals surface area contributed by atoms with Crippen LogP contribution in [-0.2, 0) is 11.2 Å². The van der Waals surface area contributed by atoms with Crippen LogP contribution < -0.4 is 0 Å². The number of amides is 1. The Bertz CT molecular complexity index is 389. The van der Waals surface area contributed by atoms with Crippen LogP contribution in [0.3, 0.4) is 0 Å². The molecule has 19 heavy (non-hydrogen) atoms. The fourth-order valence-corrected chi connectivity index (χ4v) is 2.82. The fraction of sp³-hybridized carbons (Fsp3) is 0.562. The van der Waals surface area contributed by atoms with Gasteiger partial charge in [-0.25, -0.2) is 0 Å². The maximum atomic E-state index is 12.3. The first-order valence-corrected chi connectivity index (χ1v) is 7.25. The molecule has 0 spiro atoms. The average Bonchev–Trinajstić information content (AvgIpc) is 2.47. The third kappa shape index (κ3) is 4.06. The highest BCUT2D eigenvalue weighted by atomic mass is 16.3. The Kier molecular flexibility index (Phi) is 5.40. The van der Waals surface area contributed by atoms with Gasteiger partial charge in [-0.2, -0.15) is 0 Å². The molecule has 1 heterocycles. The molecule has 0 bridgehead atoms. The van der Waals surface area contributed by atoms with Crippen molar-refractivity contribution in [2.45, 2.75) is 44.6 Å². The normalized spacial score (nSPS) is 19.4. The number of benzene rings is 1. The van der Waals surface area contributed by atoms with E-state index >= 15 is 0 Å². The van der Waals surface area contributed by atoms with Gasteiger partial charge < -0.3 is 10.0 Å². The van der Waals surface area contributed by atoms with Crippen molar-refractivity contribution >= 4 is 5.91 Å². The van der Waals surface area contributed by atoms with Crippen molar-refractivity contribution in [3.63, 3.8) is 0 Å². The molecular formula is C16H23NO2. The van der Waals surface area contributed by atoms with Crippen molar-refractivity contribution in [3.05, 3.63) is 35.9 Å². The highest BCUT2D eigenvalue weighted by Gasteiger charge is 2.25. The van der Waals surface area contributed by atoms with Gasteiger partial charge in [0, 0.05) is 25.6 Å². The van der Waals surface area contributed by atoms with Gasteiger partial charge in [0.05, 0.1) is 0 Å². The van der Waals surface area contributed by atoms with E-state index in [2.05, 4.69) is 12.1 Å². The lowest BCUT2D eigenvalue weighted by Gasteiger charge is -2.35. The van der Waals surface area contributed by atoms with E-state index in [0.717, 1.165) is 32.2 Å². The highest BCUT2D eigenvalue weighted by molar-refractivity contribution is 5.76. The molecule has 0 aromatic heterocycles. The van der Waals surface area contributed by atoms with Crippen LogP contribution in [0, 0.1) is 0 Å². The van der Waals surface area contributed by atoms with Crippen LogP contribution in [0.25, 0.3) is 0 Å². The molecule has 3 nitrogen and oxygen atoms in total. The summed E-state index contributed by atoms with van der Waals surface area (Å²) >= 11 is 0. The molecule has 0 saturated carbocycles. The average molecular weight is 261 g/mol. The van der Waals surface area contributed by atoms with E-state index < -0.39 is 0 Å². The van der Waals surface area contributed by atoms with Crippen molar-refractivity contribution < 1.29 is 9.90 Å². The number of nitrogens with zero attached hydrogens (tertiary/aromatic N) is 1. The number of aliphatic hydroxyl groups is 1. The lowest BCUT2D eigenvalue weighted by atomic mass is 9.98. The first-order valence-electron chi connectivity index (χ1n) is 7.25. The highest BCUT2D eigenvalue weighted by Crippen LogP contribution is 2.20. The maximum absolute atomic E-state index is 12.3. The van der Waals surface area contributed by atoms with Crippen molar-refractivity contribution in [3.8, 4) is 0 Å². The summed E-state index contributed by atoms with van der Waals surface area (Å²) in [7, 11) is 0. The third-order valence-corrected chi connectivity index (χ3v) is 3.88. The molecule has 2 rings (SSSR count). The van der Waals surface area contributed by atoms with Crippen molar-refractivity contribution in [1.29, 1.82) is 0 Å². The number of hydrogen-bond donors (Lipinski definition) is 1. The lowest BCUT2D eigenvalue weighted by Crippen LogP contribution is -2.44. The van der Waals surface area contributed by atoms with Gasteiger partial charge in [0.15, 0.2) is 0 Å². The summed E-state index contributed by atoms with van der Waals surface area (Å²) in [5, 5.41) is 9.09. The summed E-state index contributed by atoms with van der Waals surface area (Å²) in [6, 6.07) is 10.4. The minimum Gasteiger partial charge on any atom is -0.396 e. The molecule has 1 aromatic carbocycles. The topological polar surface area (TPSA) is 40.5 Å². The van der Waals surface area contributed by atoms with E-state index in [1.807, 2.05) is 23.1 Å². The molecule has 3 heteroatoms. The predicted octanol–water partition coefficient (Wildman–Crippen LogP) is 2.38. The van der Waals surface area contributed by atoms with E-state index in [1.165, 1.54) is 12.0 Å². The van der Waals surface area contributed by atoms with Crippen LogP contribution in [0.1, 0.15) is 37.7 Å². The van der Waals surface area contributed by atoms with Gasteiger partial charge in [0.1, 0.15) is 0 Å². The summed E-state index contributed by atoms with van der Waals surface area (Å²) in [5.74, 6) is 0.238. The Labute approximate surface area is 115 Å². The number of aliphatic hydroxyl groups excluding tert-OH is 1. The summed E-state index contributed by atoms with van der Waals surface area (Å²) < 4.78 is 0. The summed E-state index contributed by atoms with van der Waals surface area (Å²) in [5.41, 5.74) is 1.21. The van der Waals surface area contributed by atoms with Crippen LogP contribution >= 0.6 is 0 Å². The Balaban J connectivity index is 1.87. The molecule has 0 radical (unpaired) electrons. The van der Waals surface area contributed by atoms with Crippen LogP contribution in [-0.4, -0.2) is 35.1 Å². The summed E-state index contributed by atoms with van der Waals surface area (Å²) in [6.45, 7) is 1.03. The quantitative estimate of drug-likeness (QED) is 0.884. The van der Waals surface area contributed by atoms with Gasteiger partial charge in [0.2, 0.25) is 5.91 Å². The number of aryl methyl sites for hydroxylation is 1. The predicted molar refractivity (Wildman–Crippen MR) is 75.8 cm³/mol. The standard InChI is InChI=1S/C16H23NO2/c18-13-11-15-8-4-5-12-17(15)16(19)10-9-14-6-2-1-3-7-14/h1-3,6-7,15,18H,4-5,8-13H2/t15-/m0/s1. The number of hydrogen-bond acceptors (Lipinski definition) is 2. The second-order valence-corrected chi connectivity index (χ2v) is 5.23. The molecule has 0 aliphatic carbocycles. The Morgan fingerprint density at radius 2 is 2.05 bits per heavy atom. The molecule has 1 aromatic rings. The van der Waals surface area contributed by atoms with Crippen molar-refractivity contribution in [2.24, 2.45) is 0 Å². The number of likely N-dealkylation sites (tertiary alicyclic amines) is 1. The van der Waals surface area contributed by atoms with E-state index in [0.29, 0.717) is 6.42 Å². The molecule has 104 valence electrons. The second-order valence-electron chi connectivity index (χ2n) is 5.23. The number of rotatable bonds is 5. The fourth-order valence-electron chi connectivity index (χ4n) is 2.82. The minimum atomic E-state index is 0.174. The van der Waals surface area contributed by atoms with Crippen LogP contribution in [0.4, 0.5) is 0 Å². The Morgan fingerprint density at radius 1 is 1.26 bits per heavy atom. The number of piperidine rings is 1. The third-order valence-electron chi connectivity index (χ3n) is 3.88. The number of carbonyl (C=O) groups is 1. The van der Waals surface area contributed by atoms with E-state index in [-0.39, 0.29) is 18.6 Å². The molecule has 1 atom stereocenters. The zero-order valence-corrected chi connectivity index (χ0v) is 11.4. The largest absolute Gasteiger partial charge is 0.396 e. The summed E-state index contributed by atoms with van der Waals surface area (Å²) in [4.78, 5) is 14.3. The first-order chi connectivity index (χ1) is 9.31. The lowest BCUT2D eigenvalue weighted by molar-refractivity contribution is -0.135. The molecule has 1 aliphatic rings. The molecule has 1 N–H and O–H groups in total. The maximum Gasteiger partial charge on any atom is 0.223 e. The van der Waals surface area contributed by atoms with Gasteiger partial charge in [0.25, 0.3) is 0 Å². The van der Waals surface area contributed by atoms with Gasteiger partial charge >= 0.3 is 0 Å². The zero-order chi connectivity index (χ0) is 13.5. The van der Waals surface area contributed by atoms with Gasteiger partial charge in [-0.05, 0) is 37.7 Å². The van der Waals surface area contributed by atoms with Crippen LogP contribution in [0.2, 0.25) is 0 Å². The SMILES string of the molecule is O=C(CCc1ccccc1)N1CCCC[C@H]1CCO. The molecule has 1 aliphatic heterocycles. The monoisotopic (exact) mass is 261 g/mol. The van der Waals surface area contributed by atoms with Gasteiger partial charge in [-0.1, -0.05) is 30.3 Å². The molecular weight excluding hydrogens is 238 g/mol. The second kappa shape index (κ2) is 7.29. The number of carbonyl (C=O) groups excluding carboxylic acids is 1. The van der Waals surface area contributed by atoms with Crippen molar-refractivity contribution in [1.82, 2.24) is 4.90 Å². The van der Waals surface area contributed by atoms with Crippen molar-refractivity contribution in [2.75, 3.05) is 13.2 Å². The molecule has 1 saturated heterocycles. The minimum absolute atomic E-state index is 0.174. The van der Waals surface area contributed by atoms with Gasteiger partial charge in [-0.3, -0.25) is 4.79 Å².